The average Bonchev–Trinajstić information content (AvgIpc) is 2.66. The minimum Gasteiger partial charge on any atom is -0.349 e. The van der Waals surface area contributed by atoms with E-state index in [1.807, 2.05) is 37.3 Å². The summed E-state index contributed by atoms with van der Waals surface area (Å²) in [7, 11) is 0. The van der Waals surface area contributed by atoms with Crippen LogP contribution in [-0.2, 0) is 13.1 Å². The van der Waals surface area contributed by atoms with Crippen LogP contribution < -0.4 is 10.6 Å². The van der Waals surface area contributed by atoms with E-state index in [2.05, 4.69) is 30.6 Å². The third-order valence-electron chi connectivity index (χ3n) is 3.42. The molecule has 3 aromatic rings. The molecule has 0 aromatic carbocycles. The number of aryl methyl sites for hydroxylation is 1. The summed E-state index contributed by atoms with van der Waals surface area (Å²) < 4.78 is 0. The fraction of sp³-hybridized carbons (Fsp3) is 0.167. The highest BCUT2D eigenvalue weighted by Gasteiger charge is 2.10. The first-order valence-electron chi connectivity index (χ1n) is 7.87. The smallest absolute Gasteiger partial charge is 0.270 e. The molecule has 0 saturated heterocycles. The van der Waals surface area contributed by atoms with E-state index in [1.165, 1.54) is 0 Å². The maximum Gasteiger partial charge on any atom is 0.270 e. The van der Waals surface area contributed by atoms with Crippen LogP contribution >= 0.6 is 0 Å². The molecule has 0 unspecified atom stereocenters. The number of aromatic nitrogens is 4. The van der Waals surface area contributed by atoms with Crippen molar-refractivity contribution in [1.82, 2.24) is 25.3 Å². The fourth-order valence-corrected chi connectivity index (χ4v) is 2.21. The normalized spacial score (nSPS) is 10.3. The molecule has 0 saturated carbocycles. The van der Waals surface area contributed by atoms with Crippen molar-refractivity contribution in [3.63, 3.8) is 0 Å². The Morgan fingerprint density at radius 3 is 2.76 bits per heavy atom. The predicted molar refractivity (Wildman–Crippen MR) is 93.7 cm³/mol. The van der Waals surface area contributed by atoms with Crippen molar-refractivity contribution in [2.75, 3.05) is 5.32 Å². The van der Waals surface area contributed by atoms with Crippen LogP contribution in [0.15, 0.2) is 55.0 Å². The number of pyridine rings is 2. The van der Waals surface area contributed by atoms with Crippen LogP contribution in [0, 0.1) is 6.92 Å². The summed E-state index contributed by atoms with van der Waals surface area (Å²) in [6, 6.07) is 11.1. The zero-order valence-electron chi connectivity index (χ0n) is 13.8. The number of carbonyl (C=O) groups is 1. The Labute approximate surface area is 145 Å². The van der Waals surface area contributed by atoms with Gasteiger partial charge in [0, 0.05) is 30.8 Å². The molecular formula is C18H18N6O. The van der Waals surface area contributed by atoms with Gasteiger partial charge in [-0.15, -0.1) is 0 Å². The Hall–Kier alpha value is -3.35. The lowest BCUT2D eigenvalue weighted by Crippen LogP contribution is -2.24. The Bertz CT molecular complexity index is 839. The van der Waals surface area contributed by atoms with E-state index < -0.39 is 0 Å². The van der Waals surface area contributed by atoms with Gasteiger partial charge in [0.1, 0.15) is 5.69 Å². The zero-order valence-corrected chi connectivity index (χ0v) is 13.8. The second-order valence-corrected chi connectivity index (χ2v) is 5.44. The van der Waals surface area contributed by atoms with E-state index in [0.29, 0.717) is 30.4 Å². The van der Waals surface area contributed by atoms with Crippen LogP contribution in [0.3, 0.4) is 0 Å². The number of nitrogens with one attached hydrogen (secondary N) is 2. The summed E-state index contributed by atoms with van der Waals surface area (Å²) in [6.45, 7) is 2.71. The first-order chi connectivity index (χ1) is 12.2. The molecule has 0 fully saturated rings. The van der Waals surface area contributed by atoms with E-state index in [1.54, 1.807) is 24.7 Å². The number of hydrogen-bond donors (Lipinski definition) is 2. The molecule has 0 atom stereocenters. The quantitative estimate of drug-likeness (QED) is 0.717. The molecule has 7 heteroatoms. The molecular weight excluding hydrogens is 316 g/mol. The Kier molecular flexibility index (Phi) is 5.26. The lowest BCUT2D eigenvalue weighted by Gasteiger charge is -2.08. The van der Waals surface area contributed by atoms with Crippen molar-refractivity contribution in [2.24, 2.45) is 0 Å². The maximum absolute atomic E-state index is 12.3. The van der Waals surface area contributed by atoms with Gasteiger partial charge >= 0.3 is 0 Å². The molecule has 0 radical (unpaired) electrons. The summed E-state index contributed by atoms with van der Waals surface area (Å²) >= 11 is 0. The van der Waals surface area contributed by atoms with Gasteiger partial charge in [-0.05, 0) is 36.8 Å². The van der Waals surface area contributed by atoms with Gasteiger partial charge in [0.2, 0.25) is 5.95 Å². The first-order valence-corrected chi connectivity index (χ1v) is 7.87. The van der Waals surface area contributed by atoms with Gasteiger partial charge in [0.15, 0.2) is 0 Å². The van der Waals surface area contributed by atoms with E-state index in [0.717, 1.165) is 11.3 Å². The van der Waals surface area contributed by atoms with Crippen LogP contribution in [0.2, 0.25) is 0 Å². The van der Waals surface area contributed by atoms with E-state index >= 15 is 0 Å². The Morgan fingerprint density at radius 1 is 1.08 bits per heavy atom. The Morgan fingerprint density at radius 2 is 2.00 bits per heavy atom. The minimum absolute atomic E-state index is 0.254. The van der Waals surface area contributed by atoms with Crippen LogP contribution in [0.5, 0.6) is 0 Å². The van der Waals surface area contributed by atoms with Gasteiger partial charge in [-0.2, -0.15) is 0 Å². The van der Waals surface area contributed by atoms with E-state index in [4.69, 9.17) is 0 Å². The molecule has 0 spiro atoms. The molecule has 3 heterocycles. The van der Waals surface area contributed by atoms with Crippen molar-refractivity contribution in [1.29, 1.82) is 0 Å². The standard InChI is InChI=1S/C18H18N6O/c1-13-9-16(17(25)21-11-14-5-4-7-19-10-14)24-18(23-13)22-12-15-6-2-3-8-20-15/h2-10H,11-12H2,1H3,(H,21,25)(H,22,23,24). The van der Waals surface area contributed by atoms with Gasteiger partial charge in [-0.3, -0.25) is 14.8 Å². The number of amides is 1. The van der Waals surface area contributed by atoms with Crippen molar-refractivity contribution < 1.29 is 4.79 Å². The fourth-order valence-electron chi connectivity index (χ4n) is 2.21. The molecule has 7 nitrogen and oxygen atoms in total. The molecule has 25 heavy (non-hydrogen) atoms. The first kappa shape index (κ1) is 16.5. The lowest BCUT2D eigenvalue weighted by atomic mass is 10.2. The van der Waals surface area contributed by atoms with Crippen LogP contribution in [0.25, 0.3) is 0 Å². The third-order valence-corrected chi connectivity index (χ3v) is 3.42. The van der Waals surface area contributed by atoms with Crippen LogP contribution in [-0.4, -0.2) is 25.8 Å². The van der Waals surface area contributed by atoms with Crippen molar-refractivity contribution >= 4 is 11.9 Å². The van der Waals surface area contributed by atoms with Crippen molar-refractivity contribution in [3.05, 3.63) is 77.6 Å². The summed E-state index contributed by atoms with van der Waals surface area (Å²) in [6.07, 6.45) is 5.13. The zero-order chi connectivity index (χ0) is 17.5. The summed E-state index contributed by atoms with van der Waals surface area (Å²) in [5.74, 6) is 0.146. The topological polar surface area (TPSA) is 92.7 Å². The van der Waals surface area contributed by atoms with Crippen LogP contribution in [0.4, 0.5) is 5.95 Å². The summed E-state index contributed by atoms with van der Waals surface area (Å²) in [5, 5.41) is 5.93. The molecule has 0 aliphatic rings. The van der Waals surface area contributed by atoms with Gasteiger partial charge in [-0.1, -0.05) is 12.1 Å². The molecule has 3 aromatic heterocycles. The lowest BCUT2D eigenvalue weighted by molar-refractivity contribution is 0.0945. The summed E-state index contributed by atoms with van der Waals surface area (Å²) in [5.41, 5.74) is 2.83. The monoisotopic (exact) mass is 334 g/mol. The molecule has 0 aliphatic heterocycles. The SMILES string of the molecule is Cc1cc(C(=O)NCc2cccnc2)nc(NCc2ccccn2)n1. The summed E-state index contributed by atoms with van der Waals surface area (Å²) in [4.78, 5) is 29.2. The largest absolute Gasteiger partial charge is 0.349 e. The van der Waals surface area contributed by atoms with Gasteiger partial charge in [-0.25, -0.2) is 9.97 Å². The molecule has 2 N–H and O–H groups in total. The number of anilines is 1. The molecule has 0 bridgehead atoms. The van der Waals surface area contributed by atoms with E-state index in [-0.39, 0.29) is 5.91 Å². The second-order valence-electron chi connectivity index (χ2n) is 5.44. The van der Waals surface area contributed by atoms with Gasteiger partial charge in [0.05, 0.1) is 12.2 Å². The molecule has 3 rings (SSSR count). The van der Waals surface area contributed by atoms with Crippen molar-refractivity contribution in [2.45, 2.75) is 20.0 Å². The highest BCUT2D eigenvalue weighted by Crippen LogP contribution is 2.07. The van der Waals surface area contributed by atoms with Gasteiger partial charge in [0.25, 0.3) is 5.91 Å². The predicted octanol–water partition coefficient (Wildman–Crippen LogP) is 2.12. The average molecular weight is 334 g/mol. The third kappa shape index (κ3) is 4.81. The highest BCUT2D eigenvalue weighted by atomic mass is 16.1. The highest BCUT2D eigenvalue weighted by molar-refractivity contribution is 5.92. The maximum atomic E-state index is 12.3. The second kappa shape index (κ2) is 7.96. The van der Waals surface area contributed by atoms with Gasteiger partial charge < -0.3 is 10.6 Å². The number of hydrogen-bond acceptors (Lipinski definition) is 6. The van der Waals surface area contributed by atoms with Crippen molar-refractivity contribution in [3.8, 4) is 0 Å². The molecule has 0 aliphatic carbocycles. The number of nitrogens with zero attached hydrogens (tertiary/aromatic N) is 4. The number of rotatable bonds is 6. The molecule has 126 valence electrons. The van der Waals surface area contributed by atoms with Crippen LogP contribution in [0.1, 0.15) is 27.4 Å². The Balaban J connectivity index is 1.65. The minimum atomic E-state index is -0.254. The number of carbonyl (C=O) groups excluding carboxylic acids is 1. The molecule has 1 amide bonds. The van der Waals surface area contributed by atoms with E-state index in [9.17, 15) is 4.79 Å².